The van der Waals surface area contributed by atoms with Crippen LogP contribution in [-0.4, -0.2) is 20.8 Å². The Morgan fingerprint density at radius 3 is 2.83 bits per heavy atom. The van der Waals surface area contributed by atoms with Crippen molar-refractivity contribution >= 4 is 17.4 Å². The second-order valence-corrected chi connectivity index (χ2v) is 7.36. The van der Waals surface area contributed by atoms with E-state index in [2.05, 4.69) is 20.1 Å². The fourth-order valence-electron chi connectivity index (χ4n) is 3.64. The highest BCUT2D eigenvalue weighted by molar-refractivity contribution is 6.01. The topological polar surface area (TPSA) is 63.1 Å². The molecule has 0 fully saturated rings. The van der Waals surface area contributed by atoms with Crippen molar-refractivity contribution < 1.29 is 9.18 Å². The summed E-state index contributed by atoms with van der Waals surface area (Å²) in [5.41, 5.74) is 2.21. The first-order valence-corrected chi connectivity index (χ1v) is 9.92. The number of halogens is 1. The number of hydrogen-bond acceptors (Lipinski definition) is 3. The van der Waals surface area contributed by atoms with Gasteiger partial charge in [0.25, 0.3) is 0 Å². The highest BCUT2D eigenvalue weighted by Crippen LogP contribution is 2.22. The highest BCUT2D eigenvalue weighted by atomic mass is 19.1. The zero-order valence-corrected chi connectivity index (χ0v) is 16.4. The molecule has 1 aromatic heterocycles. The summed E-state index contributed by atoms with van der Waals surface area (Å²) >= 11 is 0. The highest BCUT2D eigenvalue weighted by Gasteiger charge is 2.22. The van der Waals surface area contributed by atoms with E-state index in [1.54, 1.807) is 12.1 Å². The number of aromatic nitrogens is 3. The van der Waals surface area contributed by atoms with Crippen molar-refractivity contribution in [2.24, 2.45) is 0 Å². The quantitative estimate of drug-likeness (QED) is 0.699. The van der Waals surface area contributed by atoms with Crippen LogP contribution < -0.4 is 10.2 Å². The third kappa shape index (κ3) is 4.45. The number of hydrogen-bond donors (Lipinski definition) is 1. The van der Waals surface area contributed by atoms with Gasteiger partial charge in [-0.25, -0.2) is 9.18 Å². The van der Waals surface area contributed by atoms with Gasteiger partial charge in [-0.1, -0.05) is 24.6 Å². The van der Waals surface area contributed by atoms with Gasteiger partial charge in [-0.05, 0) is 55.7 Å². The molecule has 0 saturated carbocycles. The number of urea groups is 1. The summed E-state index contributed by atoms with van der Waals surface area (Å²) in [6.45, 7) is 3.02. The Morgan fingerprint density at radius 1 is 1.14 bits per heavy atom. The zero-order chi connectivity index (χ0) is 20.2. The fraction of sp³-hybridized carbons (Fsp3) is 0.318. The van der Waals surface area contributed by atoms with Gasteiger partial charge in [-0.3, -0.25) is 4.90 Å². The number of carbonyl (C=O) groups excluding carboxylic acids is 1. The van der Waals surface area contributed by atoms with Crippen LogP contribution in [0.4, 0.5) is 20.6 Å². The van der Waals surface area contributed by atoms with Gasteiger partial charge in [0.2, 0.25) is 0 Å². The van der Waals surface area contributed by atoms with Crippen molar-refractivity contribution in [1.29, 1.82) is 0 Å². The number of carbonyl (C=O) groups is 1. The van der Waals surface area contributed by atoms with E-state index in [1.807, 2.05) is 31.2 Å². The number of aryl methyl sites for hydroxylation is 2. The molecule has 7 heteroatoms. The van der Waals surface area contributed by atoms with Crippen LogP contribution >= 0.6 is 0 Å². The molecule has 0 saturated heterocycles. The average Bonchev–Trinajstić information content (AvgIpc) is 2.92. The molecule has 1 aliphatic rings. The molecule has 0 bridgehead atoms. The van der Waals surface area contributed by atoms with E-state index in [4.69, 9.17) is 0 Å². The van der Waals surface area contributed by atoms with E-state index in [0.717, 1.165) is 43.6 Å². The third-order valence-electron chi connectivity index (χ3n) is 5.12. The molecule has 0 spiro atoms. The molecule has 0 aliphatic carbocycles. The summed E-state index contributed by atoms with van der Waals surface area (Å²) in [6.07, 6.45) is 4.21. The maximum Gasteiger partial charge on any atom is 0.326 e. The Balaban J connectivity index is 1.64. The monoisotopic (exact) mass is 393 g/mol. The number of benzene rings is 2. The Hall–Kier alpha value is -3.22. The maximum absolute atomic E-state index is 13.9. The Morgan fingerprint density at radius 2 is 2.00 bits per heavy atom. The number of nitrogens with zero attached hydrogens (tertiary/aromatic N) is 4. The summed E-state index contributed by atoms with van der Waals surface area (Å²) in [4.78, 5) is 14.6. The van der Waals surface area contributed by atoms with Crippen molar-refractivity contribution in [3.63, 3.8) is 0 Å². The van der Waals surface area contributed by atoms with Gasteiger partial charge in [0, 0.05) is 24.3 Å². The van der Waals surface area contributed by atoms with Crippen LogP contribution in [0.5, 0.6) is 0 Å². The molecule has 0 unspecified atom stereocenters. The minimum absolute atomic E-state index is 0.216. The smallest absolute Gasteiger partial charge is 0.313 e. The predicted molar refractivity (Wildman–Crippen MR) is 110 cm³/mol. The Bertz CT molecular complexity index is 1020. The van der Waals surface area contributed by atoms with Gasteiger partial charge in [-0.2, -0.15) is 0 Å². The molecule has 1 aliphatic heterocycles. The summed E-state index contributed by atoms with van der Waals surface area (Å²) in [5, 5.41) is 11.6. The van der Waals surface area contributed by atoms with Gasteiger partial charge >= 0.3 is 6.03 Å². The molecule has 2 amide bonds. The lowest BCUT2D eigenvalue weighted by Gasteiger charge is -2.23. The first-order valence-electron chi connectivity index (χ1n) is 9.92. The molecule has 150 valence electrons. The van der Waals surface area contributed by atoms with Crippen LogP contribution in [0, 0.1) is 12.7 Å². The first-order chi connectivity index (χ1) is 14.1. The minimum atomic E-state index is -0.393. The van der Waals surface area contributed by atoms with Crippen molar-refractivity contribution in [2.45, 2.75) is 45.7 Å². The number of nitrogens with one attached hydrogen (secondary N) is 1. The lowest BCUT2D eigenvalue weighted by Crippen LogP contribution is -2.35. The van der Waals surface area contributed by atoms with Crippen LogP contribution in [-0.2, 0) is 19.5 Å². The molecular formula is C22H24FN5O. The van der Waals surface area contributed by atoms with Crippen molar-refractivity contribution in [1.82, 2.24) is 14.8 Å². The lowest BCUT2D eigenvalue weighted by molar-refractivity contribution is 0.256. The zero-order valence-electron chi connectivity index (χ0n) is 16.4. The maximum atomic E-state index is 13.9. The van der Waals surface area contributed by atoms with Crippen LogP contribution in [0.15, 0.2) is 48.5 Å². The van der Waals surface area contributed by atoms with Crippen LogP contribution in [0.25, 0.3) is 0 Å². The van der Waals surface area contributed by atoms with Crippen LogP contribution in [0.2, 0.25) is 0 Å². The average molecular weight is 393 g/mol. The van der Waals surface area contributed by atoms with Crippen molar-refractivity contribution in [2.75, 3.05) is 10.2 Å². The Kier molecular flexibility index (Phi) is 5.55. The Labute approximate surface area is 169 Å². The standard InChI is InChI=1S/C22H24FN5O/c1-16-7-5-9-18(13-16)24-22(29)28(19-10-6-8-17(23)14-19)15-21-26-25-20-11-3-2-4-12-27(20)21/h5-10,13-14H,2-4,11-12,15H2,1H3,(H,24,29). The summed E-state index contributed by atoms with van der Waals surface area (Å²) in [7, 11) is 0. The number of anilines is 2. The van der Waals surface area contributed by atoms with E-state index >= 15 is 0 Å². The summed E-state index contributed by atoms with van der Waals surface area (Å²) < 4.78 is 16.0. The second kappa shape index (κ2) is 8.43. The molecule has 2 aromatic carbocycles. The molecule has 0 atom stereocenters. The molecule has 29 heavy (non-hydrogen) atoms. The minimum Gasteiger partial charge on any atom is -0.313 e. The SMILES string of the molecule is Cc1cccc(NC(=O)N(Cc2nnc3n2CCCCC3)c2cccc(F)c2)c1. The van der Waals surface area contributed by atoms with E-state index in [-0.39, 0.29) is 12.6 Å². The number of fused-ring (bicyclic) bond motifs is 1. The van der Waals surface area contributed by atoms with Crippen molar-refractivity contribution in [3.8, 4) is 0 Å². The summed E-state index contributed by atoms with van der Waals surface area (Å²) in [6, 6.07) is 13.3. The largest absolute Gasteiger partial charge is 0.326 e. The van der Waals surface area contributed by atoms with Gasteiger partial charge in [0.05, 0.1) is 6.54 Å². The van der Waals surface area contributed by atoms with E-state index in [9.17, 15) is 9.18 Å². The molecule has 3 aromatic rings. The number of rotatable bonds is 4. The van der Waals surface area contributed by atoms with E-state index < -0.39 is 5.82 Å². The fourth-order valence-corrected chi connectivity index (χ4v) is 3.64. The van der Waals surface area contributed by atoms with Gasteiger partial charge in [0.1, 0.15) is 11.6 Å². The molecule has 0 radical (unpaired) electrons. The van der Waals surface area contributed by atoms with E-state index in [1.165, 1.54) is 17.0 Å². The molecule has 4 rings (SSSR count). The first kappa shape index (κ1) is 19.1. The molecule has 1 N–H and O–H groups in total. The summed E-state index contributed by atoms with van der Waals surface area (Å²) in [5.74, 6) is 1.28. The van der Waals surface area contributed by atoms with Gasteiger partial charge < -0.3 is 9.88 Å². The van der Waals surface area contributed by atoms with E-state index in [0.29, 0.717) is 17.2 Å². The van der Waals surface area contributed by atoms with Gasteiger partial charge in [-0.15, -0.1) is 10.2 Å². The normalized spacial score (nSPS) is 13.4. The molecule has 6 nitrogen and oxygen atoms in total. The molecular weight excluding hydrogens is 369 g/mol. The van der Waals surface area contributed by atoms with Gasteiger partial charge in [0.15, 0.2) is 5.82 Å². The lowest BCUT2D eigenvalue weighted by atomic mass is 10.2. The van der Waals surface area contributed by atoms with Crippen LogP contribution in [0.1, 0.15) is 36.5 Å². The molecule has 2 heterocycles. The number of amides is 2. The third-order valence-corrected chi connectivity index (χ3v) is 5.12. The predicted octanol–water partition coefficient (Wildman–Crippen LogP) is 4.69. The van der Waals surface area contributed by atoms with Crippen molar-refractivity contribution in [3.05, 3.63) is 71.6 Å². The van der Waals surface area contributed by atoms with Crippen LogP contribution in [0.3, 0.4) is 0 Å². The second-order valence-electron chi connectivity index (χ2n) is 7.36.